The van der Waals surface area contributed by atoms with Crippen LogP contribution in [0.3, 0.4) is 0 Å². The fourth-order valence-electron chi connectivity index (χ4n) is 3.47. The molecule has 0 fully saturated rings. The molecule has 3 aromatic rings. The van der Waals surface area contributed by atoms with E-state index in [2.05, 4.69) is 20.8 Å². The molecule has 0 radical (unpaired) electrons. The zero-order valence-corrected chi connectivity index (χ0v) is 20.8. The Labute approximate surface area is 199 Å². The molecule has 7 nitrogen and oxygen atoms in total. The molecule has 2 amide bonds. The summed E-state index contributed by atoms with van der Waals surface area (Å²) in [6.07, 6.45) is 0. The van der Waals surface area contributed by atoms with Crippen molar-refractivity contribution < 1.29 is 9.59 Å². The van der Waals surface area contributed by atoms with Gasteiger partial charge in [-0.25, -0.2) is 0 Å². The molecule has 2 N–H and O–H groups in total. The van der Waals surface area contributed by atoms with Gasteiger partial charge in [-0.2, -0.15) is 0 Å². The monoisotopic (exact) mass is 465 g/mol. The van der Waals surface area contributed by atoms with Crippen molar-refractivity contribution in [2.24, 2.45) is 13.0 Å². The van der Waals surface area contributed by atoms with Gasteiger partial charge in [-0.15, -0.1) is 10.2 Å². The molecular weight excluding hydrogens is 434 g/mol. The predicted molar refractivity (Wildman–Crippen MR) is 132 cm³/mol. The fraction of sp³-hybridized carbons (Fsp3) is 0.360. The number of thioether (sulfide) groups is 1. The number of nitrogens with one attached hydrogen (secondary N) is 2. The Morgan fingerprint density at radius 3 is 2.48 bits per heavy atom. The molecule has 1 unspecified atom stereocenters. The molecule has 1 aromatic heterocycles. The molecule has 0 spiro atoms. The van der Waals surface area contributed by atoms with Crippen molar-refractivity contribution in [3.63, 3.8) is 0 Å². The number of carbonyl (C=O) groups is 2. The van der Waals surface area contributed by atoms with Crippen molar-refractivity contribution in [3.8, 4) is 0 Å². The summed E-state index contributed by atoms with van der Waals surface area (Å²) < 4.78 is 1.84. The lowest BCUT2D eigenvalue weighted by molar-refractivity contribution is -0.113. The molecule has 174 valence electrons. The van der Waals surface area contributed by atoms with Gasteiger partial charge >= 0.3 is 0 Å². The van der Waals surface area contributed by atoms with E-state index in [4.69, 9.17) is 0 Å². The Morgan fingerprint density at radius 1 is 1.06 bits per heavy atom. The maximum Gasteiger partial charge on any atom is 0.251 e. The van der Waals surface area contributed by atoms with Gasteiger partial charge in [0.1, 0.15) is 0 Å². The number of anilines is 1. The number of aromatic nitrogens is 3. The molecule has 0 saturated heterocycles. The van der Waals surface area contributed by atoms with Gasteiger partial charge in [0.25, 0.3) is 5.91 Å². The Bertz CT molecular complexity index is 1160. The number of carbonyl (C=O) groups excluding carboxylic acids is 2. The third-order valence-electron chi connectivity index (χ3n) is 5.59. The van der Waals surface area contributed by atoms with Gasteiger partial charge < -0.3 is 15.2 Å². The number of aryl methyl sites for hydroxylation is 2. The second-order valence-electron chi connectivity index (χ2n) is 8.55. The topological polar surface area (TPSA) is 88.9 Å². The van der Waals surface area contributed by atoms with Gasteiger partial charge in [0.15, 0.2) is 11.0 Å². The summed E-state index contributed by atoms with van der Waals surface area (Å²) in [7, 11) is 1.86. The molecule has 1 heterocycles. The normalized spacial score (nSPS) is 12.0. The first-order valence-electron chi connectivity index (χ1n) is 10.9. The van der Waals surface area contributed by atoms with Crippen molar-refractivity contribution in [2.45, 2.75) is 45.8 Å². The van der Waals surface area contributed by atoms with Crippen molar-refractivity contribution in [1.82, 2.24) is 20.1 Å². The second kappa shape index (κ2) is 10.7. The number of amides is 2. The highest BCUT2D eigenvalue weighted by atomic mass is 32.2. The number of nitrogens with zero attached hydrogens (tertiary/aromatic N) is 3. The van der Waals surface area contributed by atoms with E-state index in [0.29, 0.717) is 16.5 Å². The maximum atomic E-state index is 12.8. The first-order valence-corrected chi connectivity index (χ1v) is 11.9. The average Bonchev–Trinajstić information content (AvgIpc) is 3.13. The molecule has 0 aliphatic heterocycles. The third kappa shape index (κ3) is 6.01. The van der Waals surface area contributed by atoms with E-state index in [1.54, 1.807) is 6.07 Å². The number of hydrogen-bond donors (Lipinski definition) is 2. The summed E-state index contributed by atoms with van der Waals surface area (Å²) in [6.45, 7) is 10.0. The second-order valence-corrected chi connectivity index (χ2v) is 9.49. The van der Waals surface area contributed by atoms with Crippen LogP contribution in [0.5, 0.6) is 0 Å². The van der Waals surface area contributed by atoms with E-state index in [-0.39, 0.29) is 29.5 Å². The molecule has 2 aromatic carbocycles. The smallest absolute Gasteiger partial charge is 0.251 e. The van der Waals surface area contributed by atoms with Gasteiger partial charge in [0, 0.05) is 18.3 Å². The zero-order valence-electron chi connectivity index (χ0n) is 20.0. The molecule has 0 aliphatic rings. The van der Waals surface area contributed by atoms with Crippen LogP contribution >= 0.6 is 11.8 Å². The lowest BCUT2D eigenvalue weighted by Gasteiger charge is -2.22. The largest absolute Gasteiger partial charge is 0.342 e. The first-order chi connectivity index (χ1) is 15.7. The van der Waals surface area contributed by atoms with Gasteiger partial charge in [-0.05, 0) is 56.0 Å². The van der Waals surface area contributed by atoms with E-state index in [9.17, 15) is 9.59 Å². The van der Waals surface area contributed by atoms with E-state index >= 15 is 0 Å². The Hall–Kier alpha value is -3.13. The van der Waals surface area contributed by atoms with E-state index in [1.165, 1.54) is 11.8 Å². The van der Waals surface area contributed by atoms with Gasteiger partial charge in [0.05, 0.1) is 11.8 Å². The molecular formula is C25H31N5O2S. The molecule has 8 heteroatoms. The van der Waals surface area contributed by atoms with Crippen LogP contribution in [0.4, 0.5) is 5.69 Å². The van der Waals surface area contributed by atoms with Gasteiger partial charge in [-0.3, -0.25) is 9.59 Å². The molecule has 0 bridgehead atoms. The van der Waals surface area contributed by atoms with Crippen LogP contribution in [0.2, 0.25) is 0 Å². The number of benzene rings is 2. The van der Waals surface area contributed by atoms with Crippen molar-refractivity contribution in [3.05, 3.63) is 70.5 Å². The lowest BCUT2D eigenvalue weighted by Crippen LogP contribution is -2.33. The van der Waals surface area contributed by atoms with E-state index in [0.717, 1.165) is 22.4 Å². The number of hydrogen-bond acceptors (Lipinski definition) is 5. The zero-order chi connectivity index (χ0) is 24.1. The van der Waals surface area contributed by atoms with Gasteiger partial charge in [-0.1, -0.05) is 55.4 Å². The predicted octanol–water partition coefficient (Wildman–Crippen LogP) is 4.60. The van der Waals surface area contributed by atoms with Crippen LogP contribution < -0.4 is 10.6 Å². The summed E-state index contributed by atoms with van der Waals surface area (Å²) >= 11 is 1.32. The van der Waals surface area contributed by atoms with Crippen LogP contribution in [0, 0.1) is 26.7 Å². The first kappa shape index (κ1) is 24.5. The molecule has 0 aliphatic carbocycles. The average molecular weight is 466 g/mol. The van der Waals surface area contributed by atoms with Crippen LogP contribution in [-0.4, -0.2) is 32.3 Å². The summed E-state index contributed by atoms with van der Waals surface area (Å²) in [5.41, 5.74) is 4.64. The Morgan fingerprint density at radius 2 is 1.79 bits per heavy atom. The molecule has 0 saturated carbocycles. The minimum absolute atomic E-state index is 0.104. The van der Waals surface area contributed by atoms with Crippen LogP contribution in [0.1, 0.15) is 52.8 Å². The van der Waals surface area contributed by atoms with Crippen molar-refractivity contribution in [1.29, 1.82) is 0 Å². The van der Waals surface area contributed by atoms with E-state index < -0.39 is 0 Å². The SMILES string of the molecule is Cc1cccc(C(=O)NC(c2nnc(SCC(=O)Nc3cccc(C)c3C)n2C)C(C)C)c1. The number of rotatable bonds is 8. The third-order valence-corrected chi connectivity index (χ3v) is 6.61. The lowest BCUT2D eigenvalue weighted by atomic mass is 10.0. The maximum absolute atomic E-state index is 12.8. The molecule has 1 atom stereocenters. The fourth-order valence-corrected chi connectivity index (χ4v) is 4.18. The van der Waals surface area contributed by atoms with Crippen LogP contribution in [0.15, 0.2) is 47.6 Å². The standard InChI is InChI=1S/C25H31N5O2S/c1-15(2)22(27-24(32)19-11-7-9-16(3)13-19)23-28-29-25(30(23)6)33-14-21(31)26-20-12-8-10-17(4)18(20)5/h7-13,15,22H,14H2,1-6H3,(H,26,31)(H,27,32). The van der Waals surface area contributed by atoms with Crippen molar-refractivity contribution >= 4 is 29.3 Å². The minimum atomic E-state index is -0.311. The van der Waals surface area contributed by atoms with Crippen molar-refractivity contribution in [2.75, 3.05) is 11.1 Å². The summed E-state index contributed by atoms with van der Waals surface area (Å²) in [5, 5.41) is 15.3. The molecule has 3 rings (SSSR count). The Kier molecular flexibility index (Phi) is 7.92. The minimum Gasteiger partial charge on any atom is -0.342 e. The highest BCUT2D eigenvalue weighted by Crippen LogP contribution is 2.25. The summed E-state index contributed by atoms with van der Waals surface area (Å²) in [4.78, 5) is 25.3. The molecule has 33 heavy (non-hydrogen) atoms. The van der Waals surface area contributed by atoms with Crippen LogP contribution in [0.25, 0.3) is 0 Å². The van der Waals surface area contributed by atoms with E-state index in [1.807, 2.05) is 82.6 Å². The summed E-state index contributed by atoms with van der Waals surface area (Å²) in [6, 6.07) is 13.0. The Balaban J connectivity index is 1.68. The quantitative estimate of drug-likeness (QED) is 0.475. The van der Waals surface area contributed by atoms with Crippen LogP contribution in [-0.2, 0) is 11.8 Å². The summed E-state index contributed by atoms with van der Waals surface area (Å²) in [5.74, 6) is 0.714. The highest BCUT2D eigenvalue weighted by molar-refractivity contribution is 7.99. The van der Waals surface area contributed by atoms with Gasteiger partial charge in [0.2, 0.25) is 5.91 Å². The highest BCUT2D eigenvalue weighted by Gasteiger charge is 2.25.